The fourth-order valence-electron chi connectivity index (χ4n) is 3.90. The van der Waals surface area contributed by atoms with Gasteiger partial charge < -0.3 is 24.8 Å². The number of allylic oxidation sites excluding steroid dienone is 1. The minimum absolute atomic E-state index is 0.255. The number of benzene rings is 1. The average Bonchev–Trinajstić information content (AvgIpc) is 3.53. The van der Waals surface area contributed by atoms with E-state index in [1.807, 2.05) is 31.2 Å². The first-order chi connectivity index (χ1) is 17.1. The smallest absolute Gasteiger partial charge is 0.255 e. The second-order valence-electron chi connectivity index (χ2n) is 7.81. The molecule has 0 fully saturated rings. The third-order valence-corrected chi connectivity index (χ3v) is 6.38. The van der Waals surface area contributed by atoms with E-state index in [9.17, 15) is 4.79 Å². The van der Waals surface area contributed by atoms with E-state index in [2.05, 4.69) is 20.6 Å². The Hall–Kier alpha value is -3.99. The molecule has 2 aliphatic heterocycles. The molecular weight excluding hydrogens is 468 g/mol. The number of fused-ring (bicyclic) bond motifs is 1. The Morgan fingerprint density at radius 1 is 1.26 bits per heavy atom. The molecule has 3 aromatic rings. The lowest BCUT2D eigenvalue weighted by atomic mass is 9.95. The van der Waals surface area contributed by atoms with Crippen molar-refractivity contribution in [3.8, 4) is 5.75 Å². The van der Waals surface area contributed by atoms with Crippen LogP contribution in [0.25, 0.3) is 0 Å². The summed E-state index contributed by atoms with van der Waals surface area (Å²) in [5.41, 5.74) is 2.67. The van der Waals surface area contributed by atoms with Gasteiger partial charge in [0.1, 0.15) is 24.3 Å². The molecule has 0 aliphatic carbocycles. The number of thioether (sulfide) groups is 1. The first-order valence-corrected chi connectivity index (χ1v) is 12.0. The molecule has 180 valence electrons. The van der Waals surface area contributed by atoms with Gasteiger partial charge in [-0.3, -0.25) is 9.78 Å². The van der Waals surface area contributed by atoms with Crippen molar-refractivity contribution in [1.82, 2.24) is 19.7 Å². The molecule has 0 bridgehead atoms. The van der Waals surface area contributed by atoms with E-state index >= 15 is 0 Å². The molecule has 2 aliphatic rings. The number of methoxy groups -OCH3 is 1. The molecule has 35 heavy (non-hydrogen) atoms. The van der Waals surface area contributed by atoms with Gasteiger partial charge in [-0.15, -0.1) is 5.10 Å². The maximum absolute atomic E-state index is 13.5. The number of carbonyl (C=O) groups excluding carboxylic acids is 1. The first-order valence-electron chi connectivity index (χ1n) is 11.0. The van der Waals surface area contributed by atoms with Gasteiger partial charge in [0.2, 0.25) is 17.4 Å². The second-order valence-corrected chi connectivity index (χ2v) is 8.87. The van der Waals surface area contributed by atoms with Gasteiger partial charge in [0.15, 0.2) is 0 Å². The van der Waals surface area contributed by atoms with E-state index < -0.39 is 6.04 Å². The van der Waals surface area contributed by atoms with Gasteiger partial charge >= 0.3 is 0 Å². The highest BCUT2D eigenvalue weighted by Crippen LogP contribution is 2.37. The number of nitrogens with zero attached hydrogens (tertiary/aromatic N) is 4. The van der Waals surface area contributed by atoms with Crippen LogP contribution in [0.5, 0.6) is 5.75 Å². The number of anilines is 2. The summed E-state index contributed by atoms with van der Waals surface area (Å²) in [5.74, 6) is 1.70. The third-order valence-electron chi connectivity index (χ3n) is 5.51. The van der Waals surface area contributed by atoms with Crippen LogP contribution < -0.4 is 15.4 Å². The van der Waals surface area contributed by atoms with Crippen molar-refractivity contribution < 1.29 is 19.0 Å². The van der Waals surface area contributed by atoms with Gasteiger partial charge in [0, 0.05) is 24.1 Å². The summed E-state index contributed by atoms with van der Waals surface area (Å²) in [6, 6.07) is 10.7. The van der Waals surface area contributed by atoms with Crippen molar-refractivity contribution >= 4 is 29.3 Å². The third kappa shape index (κ3) is 4.94. The summed E-state index contributed by atoms with van der Waals surface area (Å²) in [4.78, 5) is 22.2. The molecule has 2 aromatic heterocycles. The quantitative estimate of drug-likeness (QED) is 0.452. The molecule has 1 aromatic carbocycles. The SMILES string of the molecule is COc1cccc(C2C(C(=O)Nc3cccnc3)=C(C)Nc3nc(SCCC4OC=CO4)nn32)c1. The van der Waals surface area contributed by atoms with Crippen LogP contribution in [-0.4, -0.2) is 44.8 Å². The number of pyridine rings is 1. The molecular formula is C24H24N6O4S. The standard InChI is InChI=1S/C24H24N6O4S/c1-15-20(22(31)27-17-6-4-9-25-14-17)21(16-5-3-7-18(13-16)32-2)30-23(26-15)28-24(29-30)35-12-8-19-33-10-11-34-19/h3-7,9-11,13-14,19,21H,8,12H2,1-2H3,(H,27,31)(H,26,28,29). The number of aromatic nitrogens is 4. The van der Waals surface area contributed by atoms with Crippen LogP contribution in [0, 0.1) is 0 Å². The zero-order chi connectivity index (χ0) is 24.2. The summed E-state index contributed by atoms with van der Waals surface area (Å²) < 4.78 is 17.8. The average molecular weight is 493 g/mol. The molecule has 0 saturated heterocycles. The maximum Gasteiger partial charge on any atom is 0.255 e. The Labute approximate surface area is 206 Å². The highest BCUT2D eigenvalue weighted by Gasteiger charge is 2.34. The summed E-state index contributed by atoms with van der Waals surface area (Å²) in [7, 11) is 1.61. The normalized spacial score (nSPS) is 16.8. The predicted octanol–water partition coefficient (Wildman–Crippen LogP) is 3.94. The molecule has 11 heteroatoms. The molecule has 1 atom stereocenters. The summed E-state index contributed by atoms with van der Waals surface area (Å²) >= 11 is 1.50. The van der Waals surface area contributed by atoms with Gasteiger partial charge in [-0.1, -0.05) is 23.9 Å². The summed E-state index contributed by atoms with van der Waals surface area (Å²) in [6.45, 7) is 1.86. The molecule has 1 amide bonds. The van der Waals surface area contributed by atoms with Gasteiger partial charge in [-0.2, -0.15) is 4.98 Å². The van der Waals surface area contributed by atoms with E-state index in [0.29, 0.717) is 46.0 Å². The number of amides is 1. The molecule has 1 unspecified atom stereocenters. The van der Waals surface area contributed by atoms with E-state index in [1.54, 1.807) is 36.3 Å². The highest BCUT2D eigenvalue weighted by atomic mass is 32.2. The Morgan fingerprint density at radius 3 is 2.89 bits per heavy atom. The zero-order valence-corrected chi connectivity index (χ0v) is 20.0. The number of ether oxygens (including phenoxy) is 3. The minimum Gasteiger partial charge on any atom is -0.497 e. The van der Waals surface area contributed by atoms with Gasteiger partial charge in [0.25, 0.3) is 5.91 Å². The van der Waals surface area contributed by atoms with Crippen LogP contribution in [0.2, 0.25) is 0 Å². The number of nitrogens with one attached hydrogen (secondary N) is 2. The lowest BCUT2D eigenvalue weighted by Gasteiger charge is -2.28. The van der Waals surface area contributed by atoms with Crippen molar-refractivity contribution in [1.29, 1.82) is 0 Å². The lowest BCUT2D eigenvalue weighted by molar-refractivity contribution is -0.113. The van der Waals surface area contributed by atoms with Crippen molar-refractivity contribution in [2.75, 3.05) is 23.5 Å². The largest absolute Gasteiger partial charge is 0.497 e. The van der Waals surface area contributed by atoms with Crippen molar-refractivity contribution in [2.24, 2.45) is 0 Å². The van der Waals surface area contributed by atoms with E-state index in [-0.39, 0.29) is 12.2 Å². The zero-order valence-electron chi connectivity index (χ0n) is 19.2. The number of carbonyl (C=O) groups is 1. The van der Waals surface area contributed by atoms with Gasteiger partial charge in [-0.25, -0.2) is 4.68 Å². The van der Waals surface area contributed by atoms with Crippen molar-refractivity contribution in [3.63, 3.8) is 0 Å². The van der Waals surface area contributed by atoms with Crippen LogP contribution in [-0.2, 0) is 14.3 Å². The molecule has 0 radical (unpaired) electrons. The Kier molecular flexibility index (Phi) is 6.57. The molecule has 0 spiro atoms. The highest BCUT2D eigenvalue weighted by molar-refractivity contribution is 7.99. The van der Waals surface area contributed by atoms with Crippen LogP contribution >= 0.6 is 11.8 Å². The van der Waals surface area contributed by atoms with Crippen LogP contribution in [0.3, 0.4) is 0 Å². The van der Waals surface area contributed by atoms with Crippen molar-refractivity contribution in [3.05, 3.63) is 78.1 Å². The second kappa shape index (κ2) is 10.1. The molecule has 5 rings (SSSR count). The lowest BCUT2D eigenvalue weighted by Crippen LogP contribution is -2.31. The summed E-state index contributed by atoms with van der Waals surface area (Å²) in [6.07, 6.45) is 6.74. The van der Waals surface area contributed by atoms with E-state index in [4.69, 9.17) is 19.3 Å². The van der Waals surface area contributed by atoms with Crippen molar-refractivity contribution in [2.45, 2.75) is 30.8 Å². The van der Waals surface area contributed by atoms with E-state index in [0.717, 1.165) is 5.56 Å². The predicted molar refractivity (Wildman–Crippen MR) is 131 cm³/mol. The summed E-state index contributed by atoms with van der Waals surface area (Å²) in [5, 5.41) is 11.5. The number of hydrogen-bond donors (Lipinski definition) is 2. The van der Waals surface area contributed by atoms with Crippen LogP contribution in [0.1, 0.15) is 24.9 Å². The minimum atomic E-state index is -0.509. The van der Waals surface area contributed by atoms with Gasteiger partial charge in [-0.05, 0) is 36.8 Å². The topological polar surface area (TPSA) is 112 Å². The van der Waals surface area contributed by atoms with Gasteiger partial charge in [0.05, 0.1) is 24.6 Å². The van der Waals surface area contributed by atoms with Crippen LogP contribution in [0.4, 0.5) is 11.6 Å². The molecule has 4 heterocycles. The number of rotatable bonds is 8. The van der Waals surface area contributed by atoms with E-state index in [1.165, 1.54) is 24.3 Å². The first kappa shape index (κ1) is 22.8. The Bertz CT molecular complexity index is 1270. The fourth-order valence-corrected chi connectivity index (χ4v) is 4.69. The fraction of sp³-hybridized carbons (Fsp3) is 0.250. The molecule has 2 N–H and O–H groups in total. The van der Waals surface area contributed by atoms with Crippen LogP contribution in [0.15, 0.2) is 77.7 Å². The number of hydrogen-bond acceptors (Lipinski definition) is 9. The Morgan fingerprint density at radius 2 is 2.11 bits per heavy atom. The molecule has 0 saturated carbocycles. The monoisotopic (exact) mass is 492 g/mol. The maximum atomic E-state index is 13.5. The molecule has 10 nitrogen and oxygen atoms in total. The Balaban J connectivity index is 1.45.